The quantitative estimate of drug-likeness (QED) is 0.858. The Balaban J connectivity index is 1.82. The number of aryl methyl sites for hydroxylation is 2. The van der Waals surface area contributed by atoms with Crippen molar-refractivity contribution in [2.75, 3.05) is 13.1 Å². The van der Waals surface area contributed by atoms with Crippen molar-refractivity contribution in [1.29, 1.82) is 0 Å². The van der Waals surface area contributed by atoms with Gasteiger partial charge < -0.3 is 9.52 Å². The summed E-state index contributed by atoms with van der Waals surface area (Å²) in [6.07, 6.45) is 5.09. The van der Waals surface area contributed by atoms with Crippen LogP contribution in [0.25, 0.3) is 11.0 Å². The van der Waals surface area contributed by atoms with Crippen LogP contribution in [-0.4, -0.2) is 23.1 Å². The Bertz CT molecular complexity index is 852. The normalized spacial score (nSPS) is 21.3. The molecule has 1 atom stereocenters. The van der Waals surface area contributed by atoms with Gasteiger partial charge in [0.05, 0.1) is 5.39 Å². The third-order valence-electron chi connectivity index (χ3n) is 5.68. The molecule has 0 unspecified atom stereocenters. The number of phenolic OH excluding ortho intramolecular Hbond substituents is 1. The first kappa shape index (κ1) is 15.7. The van der Waals surface area contributed by atoms with Crippen LogP contribution >= 0.6 is 0 Å². The third kappa shape index (κ3) is 2.53. The van der Waals surface area contributed by atoms with Gasteiger partial charge in [-0.15, -0.1) is 0 Å². The lowest BCUT2D eigenvalue weighted by Gasteiger charge is -2.31. The topological polar surface area (TPSA) is 53.7 Å². The van der Waals surface area contributed by atoms with Crippen molar-refractivity contribution in [2.45, 2.75) is 52.5 Å². The van der Waals surface area contributed by atoms with Gasteiger partial charge in [-0.25, -0.2) is 4.79 Å². The van der Waals surface area contributed by atoms with E-state index >= 15 is 0 Å². The Morgan fingerprint density at radius 2 is 2.08 bits per heavy atom. The standard InChI is InChI=1S/C20H25NO3/c1-12-5-4-8-21(10-12)11-16-13(2)9-17-18(19(16)22)14-6-3-7-15(14)20(23)24-17/h9,12,22H,3-8,10-11H2,1-2H3/t12-/m0/s1. The highest BCUT2D eigenvalue weighted by Crippen LogP contribution is 2.38. The molecule has 4 heteroatoms. The van der Waals surface area contributed by atoms with Crippen molar-refractivity contribution < 1.29 is 9.52 Å². The van der Waals surface area contributed by atoms with E-state index in [0.717, 1.165) is 66.5 Å². The van der Waals surface area contributed by atoms with E-state index in [0.29, 0.717) is 17.3 Å². The summed E-state index contributed by atoms with van der Waals surface area (Å²) >= 11 is 0. The molecule has 0 spiro atoms. The van der Waals surface area contributed by atoms with Gasteiger partial charge in [-0.05, 0) is 68.7 Å². The first-order valence-corrected chi connectivity index (χ1v) is 9.07. The van der Waals surface area contributed by atoms with Crippen LogP contribution in [0.2, 0.25) is 0 Å². The van der Waals surface area contributed by atoms with Crippen molar-refractivity contribution >= 4 is 11.0 Å². The molecule has 1 aliphatic heterocycles. The summed E-state index contributed by atoms with van der Waals surface area (Å²) in [4.78, 5) is 14.6. The van der Waals surface area contributed by atoms with Crippen LogP contribution in [0.5, 0.6) is 5.75 Å². The maximum atomic E-state index is 12.1. The third-order valence-corrected chi connectivity index (χ3v) is 5.68. The van der Waals surface area contributed by atoms with E-state index in [1.54, 1.807) is 0 Å². The summed E-state index contributed by atoms with van der Waals surface area (Å²) in [6.45, 7) is 7.23. The van der Waals surface area contributed by atoms with Crippen LogP contribution in [-0.2, 0) is 19.4 Å². The molecule has 1 aromatic carbocycles. The lowest BCUT2D eigenvalue weighted by molar-refractivity contribution is 0.175. The van der Waals surface area contributed by atoms with E-state index < -0.39 is 0 Å². The SMILES string of the molecule is Cc1cc2oc(=O)c3c(c2c(O)c1CN1CCC[C@H](C)C1)CCC3. The molecule has 1 N–H and O–H groups in total. The van der Waals surface area contributed by atoms with E-state index in [4.69, 9.17) is 4.42 Å². The van der Waals surface area contributed by atoms with Crippen LogP contribution in [0.1, 0.15) is 48.4 Å². The molecule has 128 valence electrons. The highest BCUT2D eigenvalue weighted by Gasteiger charge is 2.25. The maximum absolute atomic E-state index is 12.1. The molecule has 0 saturated carbocycles. The molecule has 0 amide bonds. The molecule has 1 fully saturated rings. The Morgan fingerprint density at radius 3 is 2.88 bits per heavy atom. The van der Waals surface area contributed by atoms with Crippen LogP contribution in [0.4, 0.5) is 0 Å². The minimum Gasteiger partial charge on any atom is -0.507 e. The van der Waals surface area contributed by atoms with Crippen LogP contribution in [0.15, 0.2) is 15.3 Å². The number of rotatable bonds is 2. The van der Waals surface area contributed by atoms with E-state index in [-0.39, 0.29) is 5.63 Å². The number of likely N-dealkylation sites (tertiary alicyclic amines) is 1. The molecule has 2 aromatic rings. The number of piperidine rings is 1. The fraction of sp³-hybridized carbons (Fsp3) is 0.550. The van der Waals surface area contributed by atoms with Gasteiger partial charge >= 0.3 is 5.63 Å². The lowest BCUT2D eigenvalue weighted by Crippen LogP contribution is -2.33. The molecule has 24 heavy (non-hydrogen) atoms. The van der Waals surface area contributed by atoms with E-state index in [9.17, 15) is 9.90 Å². The zero-order chi connectivity index (χ0) is 16.8. The summed E-state index contributed by atoms with van der Waals surface area (Å²) in [5, 5.41) is 11.8. The van der Waals surface area contributed by atoms with Crippen molar-refractivity contribution in [3.63, 3.8) is 0 Å². The van der Waals surface area contributed by atoms with E-state index in [2.05, 4.69) is 11.8 Å². The molecule has 2 heterocycles. The second-order valence-corrected chi connectivity index (χ2v) is 7.58. The molecule has 2 aliphatic rings. The molecule has 4 nitrogen and oxygen atoms in total. The van der Waals surface area contributed by atoms with E-state index in [1.165, 1.54) is 12.8 Å². The van der Waals surface area contributed by atoms with Crippen LogP contribution in [0, 0.1) is 12.8 Å². The zero-order valence-corrected chi connectivity index (χ0v) is 14.5. The lowest BCUT2D eigenvalue weighted by atomic mass is 9.96. The fourth-order valence-corrected chi connectivity index (χ4v) is 4.44. The molecule has 1 saturated heterocycles. The average Bonchev–Trinajstić information content (AvgIpc) is 3.01. The minimum absolute atomic E-state index is 0.230. The Kier molecular flexibility index (Phi) is 3.87. The maximum Gasteiger partial charge on any atom is 0.339 e. The molecule has 0 bridgehead atoms. The monoisotopic (exact) mass is 327 g/mol. The van der Waals surface area contributed by atoms with Gasteiger partial charge in [0, 0.05) is 24.2 Å². The van der Waals surface area contributed by atoms with Gasteiger partial charge in [0.1, 0.15) is 11.3 Å². The number of fused-ring (bicyclic) bond motifs is 3. The first-order chi connectivity index (χ1) is 11.5. The van der Waals surface area contributed by atoms with Crippen LogP contribution < -0.4 is 5.63 Å². The Morgan fingerprint density at radius 1 is 1.29 bits per heavy atom. The molecule has 1 aromatic heterocycles. The number of hydrogen-bond acceptors (Lipinski definition) is 4. The number of phenols is 1. The minimum atomic E-state index is -0.230. The van der Waals surface area contributed by atoms with Gasteiger partial charge in [0.25, 0.3) is 0 Å². The van der Waals surface area contributed by atoms with Gasteiger partial charge in [-0.2, -0.15) is 0 Å². The van der Waals surface area contributed by atoms with Crippen molar-refractivity contribution in [1.82, 2.24) is 4.90 Å². The largest absolute Gasteiger partial charge is 0.507 e. The highest BCUT2D eigenvalue weighted by molar-refractivity contribution is 5.90. The van der Waals surface area contributed by atoms with E-state index in [1.807, 2.05) is 13.0 Å². The predicted molar refractivity (Wildman–Crippen MR) is 94.6 cm³/mol. The fourth-order valence-electron chi connectivity index (χ4n) is 4.44. The van der Waals surface area contributed by atoms with Crippen LogP contribution in [0.3, 0.4) is 0 Å². The summed E-state index contributed by atoms with van der Waals surface area (Å²) in [5.41, 5.74) is 4.06. The van der Waals surface area contributed by atoms with Gasteiger partial charge in [-0.3, -0.25) is 4.90 Å². The molecule has 0 radical (unpaired) electrons. The van der Waals surface area contributed by atoms with Gasteiger partial charge in [0.2, 0.25) is 0 Å². The predicted octanol–water partition coefficient (Wildman–Crippen LogP) is 3.53. The second-order valence-electron chi connectivity index (χ2n) is 7.58. The van der Waals surface area contributed by atoms with Crippen molar-refractivity contribution in [2.24, 2.45) is 5.92 Å². The van der Waals surface area contributed by atoms with Gasteiger partial charge in [0.15, 0.2) is 0 Å². The van der Waals surface area contributed by atoms with Gasteiger partial charge in [-0.1, -0.05) is 6.92 Å². The smallest absolute Gasteiger partial charge is 0.339 e. The zero-order valence-electron chi connectivity index (χ0n) is 14.5. The number of nitrogens with zero attached hydrogens (tertiary/aromatic N) is 1. The Hall–Kier alpha value is -1.81. The molecule has 4 rings (SSSR count). The molecular formula is C20H25NO3. The summed E-state index contributed by atoms with van der Waals surface area (Å²) < 4.78 is 5.50. The Labute approximate surface area is 142 Å². The first-order valence-electron chi connectivity index (χ1n) is 9.07. The molecule has 1 aliphatic carbocycles. The summed E-state index contributed by atoms with van der Waals surface area (Å²) in [7, 11) is 0. The number of benzene rings is 1. The second kappa shape index (κ2) is 5.92. The molecular weight excluding hydrogens is 302 g/mol. The number of aromatic hydroxyl groups is 1. The van der Waals surface area contributed by atoms with Crippen molar-refractivity contribution in [3.8, 4) is 5.75 Å². The highest BCUT2D eigenvalue weighted by atomic mass is 16.4. The average molecular weight is 327 g/mol. The summed E-state index contributed by atoms with van der Waals surface area (Å²) in [6, 6.07) is 1.93. The summed E-state index contributed by atoms with van der Waals surface area (Å²) in [5.74, 6) is 1.04. The number of hydrogen-bond donors (Lipinski definition) is 1. The van der Waals surface area contributed by atoms with Crippen molar-refractivity contribution in [3.05, 3.63) is 38.7 Å².